The summed E-state index contributed by atoms with van der Waals surface area (Å²) >= 11 is 3.41. The molecule has 1 aromatic carbocycles. The van der Waals surface area contributed by atoms with E-state index >= 15 is 0 Å². The maximum atomic E-state index is 12.8. The van der Waals surface area contributed by atoms with Crippen LogP contribution in [0.2, 0.25) is 0 Å². The van der Waals surface area contributed by atoms with E-state index in [0.29, 0.717) is 34.9 Å². The van der Waals surface area contributed by atoms with Crippen LogP contribution in [0.5, 0.6) is 0 Å². The molecule has 0 aliphatic rings. The average molecular weight is 416 g/mol. The number of nitrogens with zero attached hydrogens (tertiary/aromatic N) is 2. The second-order valence-electron chi connectivity index (χ2n) is 5.79. The minimum absolute atomic E-state index is 0.299. The monoisotopic (exact) mass is 415 g/mol. The number of benzene rings is 1. The molecular formula is C19H18BrN3O3. The van der Waals surface area contributed by atoms with Gasteiger partial charge in [0.15, 0.2) is 0 Å². The molecule has 7 heteroatoms. The van der Waals surface area contributed by atoms with Crippen molar-refractivity contribution in [2.24, 2.45) is 0 Å². The number of carbonyl (C=O) groups excluding carboxylic acids is 2. The highest BCUT2D eigenvalue weighted by molar-refractivity contribution is 9.10. The van der Waals surface area contributed by atoms with Crippen molar-refractivity contribution < 1.29 is 14.3 Å². The molecule has 3 aromatic rings. The first-order valence-corrected chi connectivity index (χ1v) is 9.01. The highest BCUT2D eigenvalue weighted by Gasteiger charge is 2.17. The number of aryl methyl sites for hydroxylation is 1. The maximum absolute atomic E-state index is 12.8. The van der Waals surface area contributed by atoms with Gasteiger partial charge in [-0.15, -0.1) is 0 Å². The third-order valence-electron chi connectivity index (χ3n) is 3.77. The Morgan fingerprint density at radius 1 is 1.27 bits per heavy atom. The van der Waals surface area contributed by atoms with Gasteiger partial charge in [0.1, 0.15) is 11.3 Å². The van der Waals surface area contributed by atoms with Crippen molar-refractivity contribution in [2.75, 3.05) is 11.9 Å². The predicted octanol–water partition coefficient (Wildman–Crippen LogP) is 4.22. The van der Waals surface area contributed by atoms with E-state index in [1.165, 1.54) is 0 Å². The minimum Gasteiger partial charge on any atom is -0.462 e. The number of halogens is 1. The number of fused-ring (bicyclic) bond motifs is 1. The molecule has 0 saturated heterocycles. The smallest absolute Gasteiger partial charge is 0.338 e. The summed E-state index contributed by atoms with van der Waals surface area (Å²) in [6.45, 7) is 4.08. The molecule has 0 bridgehead atoms. The van der Waals surface area contributed by atoms with Crippen LogP contribution in [0.1, 0.15) is 39.9 Å². The summed E-state index contributed by atoms with van der Waals surface area (Å²) in [5.41, 5.74) is 2.67. The Morgan fingerprint density at radius 3 is 2.85 bits per heavy atom. The molecule has 0 saturated carbocycles. The molecule has 0 fully saturated rings. The Hall–Kier alpha value is -2.67. The number of hydrogen-bond acceptors (Lipinski definition) is 4. The first kappa shape index (κ1) is 18.1. The highest BCUT2D eigenvalue weighted by atomic mass is 79.9. The molecule has 0 spiro atoms. The zero-order chi connectivity index (χ0) is 18.7. The number of rotatable bonds is 5. The number of imidazole rings is 1. The quantitative estimate of drug-likeness (QED) is 0.632. The molecule has 1 amide bonds. The van der Waals surface area contributed by atoms with Gasteiger partial charge in [0.2, 0.25) is 0 Å². The molecule has 0 aliphatic carbocycles. The molecular weight excluding hydrogens is 398 g/mol. The van der Waals surface area contributed by atoms with E-state index in [2.05, 4.69) is 26.2 Å². The second-order valence-corrected chi connectivity index (χ2v) is 6.71. The van der Waals surface area contributed by atoms with E-state index in [0.717, 1.165) is 10.9 Å². The number of aromatic nitrogens is 2. The van der Waals surface area contributed by atoms with E-state index < -0.39 is 5.97 Å². The van der Waals surface area contributed by atoms with E-state index in [1.807, 2.05) is 19.1 Å². The van der Waals surface area contributed by atoms with Crippen LogP contribution in [0.4, 0.5) is 5.69 Å². The molecule has 0 aliphatic heterocycles. The standard InChI is InChI=1S/C19H18BrN3O3/c1-3-9-26-19(25)13-5-4-6-15(10-13)22-18(24)17-12(2)21-16-8-7-14(20)11-23(16)17/h4-8,10-11H,3,9H2,1-2H3,(H,22,24). The molecule has 0 unspecified atom stereocenters. The molecule has 6 nitrogen and oxygen atoms in total. The maximum Gasteiger partial charge on any atom is 0.338 e. The van der Waals surface area contributed by atoms with Gasteiger partial charge < -0.3 is 10.1 Å². The third kappa shape index (κ3) is 3.77. The number of anilines is 1. The van der Waals surface area contributed by atoms with Crippen LogP contribution in [0, 0.1) is 6.92 Å². The first-order chi connectivity index (χ1) is 12.5. The van der Waals surface area contributed by atoms with Crippen molar-refractivity contribution in [2.45, 2.75) is 20.3 Å². The summed E-state index contributed by atoms with van der Waals surface area (Å²) < 4.78 is 7.70. The lowest BCUT2D eigenvalue weighted by Crippen LogP contribution is -2.16. The molecule has 1 N–H and O–H groups in total. The molecule has 134 valence electrons. The number of ether oxygens (including phenoxy) is 1. The van der Waals surface area contributed by atoms with E-state index in [9.17, 15) is 9.59 Å². The molecule has 0 atom stereocenters. The number of esters is 1. The van der Waals surface area contributed by atoms with Gasteiger partial charge in [0.25, 0.3) is 5.91 Å². The number of hydrogen-bond donors (Lipinski definition) is 1. The van der Waals surface area contributed by atoms with Crippen molar-refractivity contribution in [3.05, 3.63) is 64.0 Å². The van der Waals surface area contributed by atoms with Crippen LogP contribution >= 0.6 is 15.9 Å². The Bertz CT molecular complexity index is 981. The summed E-state index contributed by atoms with van der Waals surface area (Å²) in [6.07, 6.45) is 2.55. The zero-order valence-electron chi connectivity index (χ0n) is 14.5. The summed E-state index contributed by atoms with van der Waals surface area (Å²) in [7, 11) is 0. The summed E-state index contributed by atoms with van der Waals surface area (Å²) in [6, 6.07) is 10.4. The molecule has 0 radical (unpaired) electrons. The van der Waals surface area contributed by atoms with Crippen molar-refractivity contribution in [1.29, 1.82) is 0 Å². The fourth-order valence-corrected chi connectivity index (χ4v) is 2.94. The van der Waals surface area contributed by atoms with Crippen molar-refractivity contribution in [3.63, 3.8) is 0 Å². The summed E-state index contributed by atoms with van der Waals surface area (Å²) in [5.74, 6) is -0.704. The molecule has 26 heavy (non-hydrogen) atoms. The summed E-state index contributed by atoms with van der Waals surface area (Å²) in [4.78, 5) is 29.2. The van der Waals surface area contributed by atoms with Crippen molar-refractivity contribution in [3.8, 4) is 0 Å². The Morgan fingerprint density at radius 2 is 2.08 bits per heavy atom. The summed E-state index contributed by atoms with van der Waals surface area (Å²) in [5, 5.41) is 2.83. The van der Waals surface area contributed by atoms with Gasteiger partial charge in [-0.3, -0.25) is 9.20 Å². The second kappa shape index (κ2) is 7.70. The largest absolute Gasteiger partial charge is 0.462 e. The topological polar surface area (TPSA) is 72.7 Å². The fraction of sp³-hybridized carbons (Fsp3) is 0.211. The zero-order valence-corrected chi connectivity index (χ0v) is 16.0. The molecule has 3 rings (SSSR count). The predicted molar refractivity (Wildman–Crippen MR) is 103 cm³/mol. The van der Waals surface area contributed by atoms with Crippen LogP contribution < -0.4 is 5.32 Å². The van der Waals surface area contributed by atoms with E-state index in [-0.39, 0.29) is 5.91 Å². The average Bonchev–Trinajstić information content (AvgIpc) is 2.94. The lowest BCUT2D eigenvalue weighted by Gasteiger charge is -2.08. The fourth-order valence-electron chi connectivity index (χ4n) is 2.60. The van der Waals surface area contributed by atoms with Crippen LogP contribution in [-0.2, 0) is 4.74 Å². The van der Waals surface area contributed by atoms with Gasteiger partial charge in [-0.2, -0.15) is 0 Å². The number of nitrogens with one attached hydrogen (secondary N) is 1. The van der Waals surface area contributed by atoms with Gasteiger partial charge in [0.05, 0.1) is 17.9 Å². The van der Waals surface area contributed by atoms with Gasteiger partial charge in [-0.25, -0.2) is 9.78 Å². The lowest BCUT2D eigenvalue weighted by atomic mass is 10.2. The van der Waals surface area contributed by atoms with Gasteiger partial charge >= 0.3 is 5.97 Å². The van der Waals surface area contributed by atoms with Crippen molar-refractivity contribution >= 4 is 39.1 Å². The van der Waals surface area contributed by atoms with Crippen LogP contribution in [-0.4, -0.2) is 27.9 Å². The Balaban J connectivity index is 1.86. The molecule has 2 aromatic heterocycles. The Kier molecular flexibility index (Phi) is 5.37. The SMILES string of the molecule is CCCOC(=O)c1cccc(NC(=O)c2c(C)nc3ccc(Br)cn23)c1. The third-order valence-corrected chi connectivity index (χ3v) is 4.23. The lowest BCUT2D eigenvalue weighted by molar-refractivity contribution is 0.0505. The van der Waals surface area contributed by atoms with Gasteiger partial charge in [-0.1, -0.05) is 13.0 Å². The molecule has 2 heterocycles. The van der Waals surface area contributed by atoms with Crippen LogP contribution in [0.15, 0.2) is 47.1 Å². The number of carbonyl (C=O) groups is 2. The number of amides is 1. The van der Waals surface area contributed by atoms with Gasteiger partial charge in [-0.05, 0) is 59.6 Å². The van der Waals surface area contributed by atoms with Crippen LogP contribution in [0.25, 0.3) is 5.65 Å². The Labute approximate surface area is 159 Å². The number of pyridine rings is 1. The highest BCUT2D eigenvalue weighted by Crippen LogP contribution is 2.19. The normalized spacial score (nSPS) is 10.7. The first-order valence-electron chi connectivity index (χ1n) is 8.22. The van der Waals surface area contributed by atoms with Crippen molar-refractivity contribution in [1.82, 2.24) is 9.38 Å². The van der Waals surface area contributed by atoms with Gasteiger partial charge in [0, 0.05) is 16.4 Å². The van der Waals surface area contributed by atoms with Crippen LogP contribution in [0.3, 0.4) is 0 Å². The minimum atomic E-state index is -0.405. The van der Waals surface area contributed by atoms with E-state index in [1.54, 1.807) is 41.8 Å². The van der Waals surface area contributed by atoms with E-state index in [4.69, 9.17) is 4.74 Å².